The first-order valence-corrected chi connectivity index (χ1v) is 6.26. The molecule has 0 saturated carbocycles. The lowest BCUT2D eigenvalue weighted by Crippen LogP contribution is -2.29. The van der Waals surface area contributed by atoms with E-state index in [1.54, 1.807) is 18.2 Å². The maximum atomic E-state index is 12.0. The van der Waals surface area contributed by atoms with Gasteiger partial charge in [0.2, 0.25) is 0 Å². The molecule has 2 N–H and O–H groups in total. The number of carbonyl (C=O) groups is 1. The van der Waals surface area contributed by atoms with Crippen LogP contribution in [0.4, 0.5) is 0 Å². The Morgan fingerprint density at radius 2 is 1.94 bits per heavy atom. The summed E-state index contributed by atoms with van der Waals surface area (Å²) >= 11 is 9.15. The van der Waals surface area contributed by atoms with Crippen molar-refractivity contribution in [2.45, 2.75) is 12.2 Å². The first-order valence-electron chi connectivity index (χ1n) is 5.09. The summed E-state index contributed by atoms with van der Waals surface area (Å²) in [5.41, 5.74) is 0.444. The van der Waals surface area contributed by atoms with Crippen LogP contribution in [0.2, 0.25) is 5.02 Å². The van der Waals surface area contributed by atoms with Crippen molar-refractivity contribution in [1.29, 1.82) is 0 Å². The second-order valence-corrected chi connectivity index (χ2v) is 5.24. The normalized spacial score (nSPS) is 24.1. The fourth-order valence-electron chi connectivity index (χ4n) is 1.75. The summed E-state index contributed by atoms with van der Waals surface area (Å²) in [6.45, 7) is 0.293. The molecule has 1 amide bonds. The SMILES string of the molecule is O=C(c1ccc(Br)c(Cl)c1)N1C[C@@H](O)[C@@H](O)C1. The van der Waals surface area contributed by atoms with E-state index in [9.17, 15) is 15.0 Å². The standard InChI is InChI=1S/C11H11BrClNO3/c12-7-2-1-6(3-8(7)13)11(17)14-4-9(15)10(16)5-14/h1-3,9-10,15-16H,4-5H2/t9-,10+. The highest BCUT2D eigenvalue weighted by atomic mass is 79.9. The zero-order chi connectivity index (χ0) is 12.6. The number of carbonyl (C=O) groups excluding carboxylic acids is 1. The minimum absolute atomic E-state index is 0.147. The molecule has 1 aromatic rings. The van der Waals surface area contributed by atoms with Crippen molar-refractivity contribution in [2.75, 3.05) is 13.1 Å². The predicted molar refractivity (Wildman–Crippen MR) is 67.1 cm³/mol. The molecule has 1 aliphatic rings. The van der Waals surface area contributed by atoms with Crippen molar-refractivity contribution >= 4 is 33.4 Å². The van der Waals surface area contributed by atoms with E-state index < -0.39 is 12.2 Å². The Bertz CT molecular complexity index is 444. The third-order valence-corrected chi connectivity index (χ3v) is 3.95. The van der Waals surface area contributed by atoms with Crippen LogP contribution in [-0.2, 0) is 0 Å². The number of amides is 1. The molecule has 4 nitrogen and oxygen atoms in total. The van der Waals surface area contributed by atoms with Gasteiger partial charge in [0.05, 0.1) is 17.2 Å². The number of β-amino-alcohol motifs (C(OH)–C–C–N with tert-alkyl or cyclic N) is 2. The van der Waals surface area contributed by atoms with Gasteiger partial charge < -0.3 is 15.1 Å². The van der Waals surface area contributed by atoms with Crippen LogP contribution in [0.1, 0.15) is 10.4 Å². The second-order valence-electron chi connectivity index (χ2n) is 3.97. The van der Waals surface area contributed by atoms with Crippen LogP contribution in [0.3, 0.4) is 0 Å². The average Bonchev–Trinajstić information content (AvgIpc) is 2.62. The highest BCUT2D eigenvalue weighted by Gasteiger charge is 2.32. The van der Waals surface area contributed by atoms with Crippen molar-refractivity contribution in [3.8, 4) is 0 Å². The molecule has 1 aliphatic heterocycles. The highest BCUT2D eigenvalue weighted by molar-refractivity contribution is 9.10. The summed E-state index contributed by atoms with van der Waals surface area (Å²) in [4.78, 5) is 13.4. The largest absolute Gasteiger partial charge is 0.388 e. The van der Waals surface area contributed by atoms with Gasteiger partial charge >= 0.3 is 0 Å². The average molecular weight is 321 g/mol. The summed E-state index contributed by atoms with van der Waals surface area (Å²) in [7, 11) is 0. The third-order valence-electron chi connectivity index (χ3n) is 2.71. The molecule has 0 unspecified atom stereocenters. The quantitative estimate of drug-likeness (QED) is 0.819. The number of halogens is 2. The van der Waals surface area contributed by atoms with Gasteiger partial charge in [-0.2, -0.15) is 0 Å². The molecule has 1 aromatic carbocycles. The molecule has 0 spiro atoms. The van der Waals surface area contributed by atoms with E-state index in [0.717, 1.165) is 4.47 Å². The molecule has 2 rings (SSSR count). The summed E-state index contributed by atoms with van der Waals surface area (Å²) < 4.78 is 0.720. The highest BCUT2D eigenvalue weighted by Crippen LogP contribution is 2.24. The van der Waals surface area contributed by atoms with Gasteiger partial charge in [0, 0.05) is 23.1 Å². The van der Waals surface area contributed by atoms with Crippen LogP contribution >= 0.6 is 27.5 Å². The van der Waals surface area contributed by atoms with Gasteiger partial charge in [0.1, 0.15) is 0 Å². The minimum Gasteiger partial charge on any atom is -0.388 e. The fourth-order valence-corrected chi connectivity index (χ4v) is 2.17. The molecular weight excluding hydrogens is 309 g/mol. The Hall–Kier alpha value is -0.620. The maximum Gasteiger partial charge on any atom is 0.254 e. The van der Waals surface area contributed by atoms with Crippen LogP contribution < -0.4 is 0 Å². The van der Waals surface area contributed by atoms with E-state index >= 15 is 0 Å². The zero-order valence-electron chi connectivity index (χ0n) is 8.81. The zero-order valence-corrected chi connectivity index (χ0v) is 11.1. The topological polar surface area (TPSA) is 60.8 Å². The number of aliphatic hydroxyl groups is 2. The monoisotopic (exact) mass is 319 g/mol. The van der Waals surface area contributed by atoms with E-state index in [0.29, 0.717) is 10.6 Å². The molecule has 92 valence electrons. The lowest BCUT2D eigenvalue weighted by atomic mass is 10.2. The van der Waals surface area contributed by atoms with Crippen LogP contribution in [0.25, 0.3) is 0 Å². The van der Waals surface area contributed by atoms with E-state index in [-0.39, 0.29) is 19.0 Å². The molecule has 17 heavy (non-hydrogen) atoms. The van der Waals surface area contributed by atoms with E-state index in [1.807, 2.05) is 0 Å². The molecule has 1 fully saturated rings. The smallest absolute Gasteiger partial charge is 0.254 e. The van der Waals surface area contributed by atoms with Crippen molar-refractivity contribution in [3.05, 3.63) is 33.3 Å². The molecular formula is C11H11BrClNO3. The Balaban J connectivity index is 2.17. The third kappa shape index (κ3) is 2.63. The first-order chi connectivity index (χ1) is 7.99. The number of hydrogen-bond acceptors (Lipinski definition) is 3. The Labute approximate surface area is 112 Å². The van der Waals surface area contributed by atoms with Crippen LogP contribution in [0, 0.1) is 0 Å². The summed E-state index contributed by atoms with van der Waals surface area (Å²) in [5.74, 6) is -0.241. The second kappa shape index (κ2) is 4.94. The van der Waals surface area contributed by atoms with Gasteiger partial charge in [-0.1, -0.05) is 11.6 Å². The molecule has 1 heterocycles. The molecule has 1 saturated heterocycles. The Kier molecular flexibility index (Phi) is 3.73. The summed E-state index contributed by atoms with van der Waals surface area (Å²) in [6, 6.07) is 4.90. The fraction of sp³-hybridized carbons (Fsp3) is 0.364. The van der Waals surface area contributed by atoms with Gasteiger partial charge in [0.25, 0.3) is 5.91 Å². The van der Waals surface area contributed by atoms with Gasteiger partial charge in [-0.15, -0.1) is 0 Å². The number of likely N-dealkylation sites (tertiary alicyclic amines) is 1. The van der Waals surface area contributed by atoms with Crippen LogP contribution in [-0.4, -0.2) is 46.3 Å². The van der Waals surface area contributed by atoms with E-state index in [1.165, 1.54) is 4.90 Å². The van der Waals surface area contributed by atoms with Crippen LogP contribution in [0.15, 0.2) is 22.7 Å². The van der Waals surface area contributed by atoms with E-state index in [4.69, 9.17) is 11.6 Å². The Morgan fingerprint density at radius 3 is 2.47 bits per heavy atom. The maximum absolute atomic E-state index is 12.0. The molecule has 0 bridgehead atoms. The van der Waals surface area contributed by atoms with Gasteiger partial charge in [-0.05, 0) is 34.1 Å². The predicted octanol–water partition coefficient (Wildman–Crippen LogP) is 1.28. The van der Waals surface area contributed by atoms with Gasteiger partial charge in [-0.25, -0.2) is 0 Å². The van der Waals surface area contributed by atoms with Crippen molar-refractivity contribution < 1.29 is 15.0 Å². The molecule has 0 aliphatic carbocycles. The number of hydrogen-bond donors (Lipinski definition) is 2. The number of nitrogens with zero attached hydrogens (tertiary/aromatic N) is 1. The van der Waals surface area contributed by atoms with Crippen LogP contribution in [0.5, 0.6) is 0 Å². The lowest BCUT2D eigenvalue weighted by molar-refractivity contribution is 0.0572. The number of benzene rings is 1. The Morgan fingerprint density at radius 1 is 1.35 bits per heavy atom. The molecule has 0 radical (unpaired) electrons. The van der Waals surface area contributed by atoms with Gasteiger partial charge in [0.15, 0.2) is 0 Å². The minimum atomic E-state index is -0.870. The van der Waals surface area contributed by atoms with E-state index in [2.05, 4.69) is 15.9 Å². The summed E-state index contributed by atoms with van der Waals surface area (Å²) in [5, 5.41) is 19.2. The molecule has 0 aromatic heterocycles. The summed E-state index contributed by atoms with van der Waals surface area (Å²) in [6.07, 6.45) is -1.74. The van der Waals surface area contributed by atoms with Crippen molar-refractivity contribution in [2.24, 2.45) is 0 Å². The molecule has 6 heteroatoms. The van der Waals surface area contributed by atoms with Gasteiger partial charge in [-0.3, -0.25) is 4.79 Å². The number of aliphatic hydroxyl groups excluding tert-OH is 2. The molecule has 2 atom stereocenters. The number of rotatable bonds is 1. The first kappa shape index (κ1) is 12.8. The lowest BCUT2D eigenvalue weighted by Gasteiger charge is -2.15. The van der Waals surface area contributed by atoms with Crippen molar-refractivity contribution in [3.63, 3.8) is 0 Å². The van der Waals surface area contributed by atoms with Crippen molar-refractivity contribution in [1.82, 2.24) is 4.90 Å².